The number of aliphatic carboxylic acids is 1. The molecular formula is C22H26N2O7. The van der Waals surface area contributed by atoms with Crippen molar-refractivity contribution in [3.63, 3.8) is 0 Å². The molecule has 0 aliphatic carbocycles. The number of amides is 2. The molecule has 2 amide bonds. The Kier molecular flexibility index (Phi) is 5.49. The van der Waals surface area contributed by atoms with Gasteiger partial charge in [-0.15, -0.1) is 6.58 Å². The van der Waals surface area contributed by atoms with Gasteiger partial charge in [0, 0.05) is 18.8 Å². The van der Waals surface area contributed by atoms with E-state index in [0.29, 0.717) is 24.3 Å². The monoisotopic (exact) mass is 430 g/mol. The zero-order chi connectivity index (χ0) is 22.3. The third kappa shape index (κ3) is 3.11. The molecule has 2 unspecified atom stereocenters. The second kappa shape index (κ2) is 7.97. The lowest BCUT2D eigenvalue weighted by Gasteiger charge is -2.36. The maximum atomic E-state index is 13.9. The number of benzene rings is 1. The molecule has 2 N–H and O–H groups in total. The predicted octanol–water partition coefficient (Wildman–Crippen LogP) is 0.666. The van der Waals surface area contributed by atoms with Gasteiger partial charge in [-0.2, -0.15) is 0 Å². The van der Waals surface area contributed by atoms with Crippen molar-refractivity contribution in [2.75, 3.05) is 31.7 Å². The molecule has 1 aromatic carbocycles. The SMILES string of the molecule is C=CCN(C(=O)C1N(CCO)C(=O)[C@@H]2[C@H](C(=O)O)[C@@H]3CCC12O3)c1ccc(OC)cc1. The number of aliphatic hydroxyl groups is 1. The number of β-amino-alcohol motifs (C(OH)–C–C–N with tert-alkyl or cyclic N) is 1. The number of anilines is 1. The van der Waals surface area contributed by atoms with Crippen molar-refractivity contribution >= 4 is 23.5 Å². The summed E-state index contributed by atoms with van der Waals surface area (Å²) in [7, 11) is 1.55. The Morgan fingerprint density at radius 1 is 1.39 bits per heavy atom. The molecule has 0 saturated carbocycles. The number of methoxy groups -OCH3 is 1. The number of hydrogen-bond acceptors (Lipinski definition) is 6. The highest BCUT2D eigenvalue weighted by Gasteiger charge is 2.74. The standard InChI is InChI=1S/C22H26N2O7/c1-3-10-23(13-4-6-14(30-2)7-5-13)20(27)18-22-9-8-15(31-22)16(21(28)29)17(22)19(26)24(18)11-12-25/h3-7,15-18,25H,1,8-12H2,2H3,(H,28,29)/t15-,16+,17-,18?,22?/m0/s1. The number of rotatable bonds is 8. The van der Waals surface area contributed by atoms with Crippen LogP contribution < -0.4 is 9.64 Å². The molecule has 0 radical (unpaired) electrons. The topological polar surface area (TPSA) is 117 Å². The smallest absolute Gasteiger partial charge is 0.310 e. The molecule has 3 fully saturated rings. The van der Waals surface area contributed by atoms with Gasteiger partial charge in [-0.1, -0.05) is 6.08 Å². The molecule has 0 aromatic heterocycles. The molecule has 3 saturated heterocycles. The fraction of sp³-hybridized carbons (Fsp3) is 0.500. The minimum Gasteiger partial charge on any atom is -0.497 e. The van der Waals surface area contributed by atoms with E-state index in [9.17, 15) is 24.6 Å². The number of carbonyl (C=O) groups excluding carboxylic acids is 2. The van der Waals surface area contributed by atoms with E-state index in [4.69, 9.17) is 9.47 Å². The first-order valence-corrected chi connectivity index (χ1v) is 10.3. The van der Waals surface area contributed by atoms with E-state index in [1.807, 2.05) is 0 Å². The zero-order valence-electron chi connectivity index (χ0n) is 17.3. The molecule has 31 heavy (non-hydrogen) atoms. The number of ether oxygens (including phenoxy) is 2. The van der Waals surface area contributed by atoms with Crippen LogP contribution in [0, 0.1) is 11.8 Å². The summed E-state index contributed by atoms with van der Waals surface area (Å²) >= 11 is 0. The molecule has 1 aromatic rings. The highest BCUT2D eigenvalue weighted by Crippen LogP contribution is 2.58. The first kappa shape index (κ1) is 21.3. The van der Waals surface area contributed by atoms with Crippen molar-refractivity contribution in [1.29, 1.82) is 0 Å². The van der Waals surface area contributed by atoms with Crippen LogP contribution in [0.4, 0.5) is 5.69 Å². The number of hydrogen-bond donors (Lipinski definition) is 2. The van der Waals surface area contributed by atoms with Crippen molar-refractivity contribution in [3.05, 3.63) is 36.9 Å². The number of nitrogens with zero attached hydrogens (tertiary/aromatic N) is 2. The van der Waals surface area contributed by atoms with E-state index < -0.39 is 41.5 Å². The van der Waals surface area contributed by atoms with Crippen LogP contribution in [-0.4, -0.2) is 77.4 Å². The van der Waals surface area contributed by atoms with Gasteiger partial charge in [0.05, 0.1) is 31.7 Å². The number of carboxylic acids is 1. The maximum Gasteiger partial charge on any atom is 0.310 e. The van der Waals surface area contributed by atoms with Gasteiger partial charge in [0.2, 0.25) is 5.91 Å². The molecule has 3 aliphatic rings. The molecular weight excluding hydrogens is 404 g/mol. The molecule has 5 atom stereocenters. The van der Waals surface area contributed by atoms with Crippen molar-refractivity contribution in [1.82, 2.24) is 4.90 Å². The first-order valence-electron chi connectivity index (χ1n) is 10.3. The molecule has 3 aliphatic heterocycles. The number of carbonyl (C=O) groups is 3. The Morgan fingerprint density at radius 3 is 2.68 bits per heavy atom. The molecule has 3 heterocycles. The fourth-order valence-electron chi connectivity index (χ4n) is 5.42. The van der Waals surface area contributed by atoms with Crippen LogP contribution in [0.25, 0.3) is 0 Å². The Bertz CT molecular complexity index is 902. The minimum absolute atomic E-state index is 0.0710. The van der Waals surface area contributed by atoms with Crippen LogP contribution in [-0.2, 0) is 19.1 Å². The highest BCUT2D eigenvalue weighted by atomic mass is 16.5. The van der Waals surface area contributed by atoms with Gasteiger partial charge in [0.1, 0.15) is 17.4 Å². The summed E-state index contributed by atoms with van der Waals surface area (Å²) in [5.74, 6) is -3.23. The van der Waals surface area contributed by atoms with Crippen LogP contribution in [0.2, 0.25) is 0 Å². The van der Waals surface area contributed by atoms with Crippen molar-refractivity contribution in [2.24, 2.45) is 11.8 Å². The first-order chi connectivity index (χ1) is 14.9. The average Bonchev–Trinajstić information content (AvgIpc) is 3.40. The van der Waals surface area contributed by atoms with Gasteiger partial charge in [-0.25, -0.2) is 0 Å². The largest absolute Gasteiger partial charge is 0.497 e. The van der Waals surface area contributed by atoms with Crippen LogP contribution in [0.5, 0.6) is 5.75 Å². The second-order valence-electron chi connectivity index (χ2n) is 8.08. The summed E-state index contributed by atoms with van der Waals surface area (Å²) in [6, 6.07) is 5.89. The van der Waals surface area contributed by atoms with E-state index >= 15 is 0 Å². The van der Waals surface area contributed by atoms with Gasteiger partial charge < -0.3 is 29.5 Å². The lowest BCUT2D eigenvalue weighted by Crippen LogP contribution is -2.56. The fourth-order valence-corrected chi connectivity index (χ4v) is 5.42. The van der Waals surface area contributed by atoms with Gasteiger partial charge in [0.15, 0.2) is 0 Å². The molecule has 4 rings (SSSR count). The summed E-state index contributed by atoms with van der Waals surface area (Å²) in [4.78, 5) is 41.8. The normalized spacial score (nSPS) is 30.9. The summed E-state index contributed by atoms with van der Waals surface area (Å²) in [6.07, 6.45) is 1.88. The van der Waals surface area contributed by atoms with E-state index in [1.165, 1.54) is 9.80 Å². The zero-order valence-corrected chi connectivity index (χ0v) is 17.3. The Morgan fingerprint density at radius 2 is 2.10 bits per heavy atom. The van der Waals surface area contributed by atoms with Gasteiger partial charge in [-0.3, -0.25) is 14.4 Å². The summed E-state index contributed by atoms with van der Waals surface area (Å²) in [5, 5.41) is 19.3. The van der Waals surface area contributed by atoms with Crippen LogP contribution in [0.1, 0.15) is 12.8 Å². The lowest BCUT2D eigenvalue weighted by molar-refractivity contribution is -0.149. The number of aliphatic hydroxyl groups excluding tert-OH is 1. The quantitative estimate of drug-likeness (QED) is 0.582. The number of fused-ring (bicyclic) bond motifs is 1. The average molecular weight is 430 g/mol. The third-order valence-electron chi connectivity index (χ3n) is 6.62. The van der Waals surface area contributed by atoms with E-state index in [2.05, 4.69) is 6.58 Å². The van der Waals surface area contributed by atoms with Crippen molar-refractivity contribution < 1.29 is 34.1 Å². The molecule has 166 valence electrons. The van der Waals surface area contributed by atoms with Crippen LogP contribution in [0.15, 0.2) is 36.9 Å². The van der Waals surface area contributed by atoms with Gasteiger partial charge in [0.25, 0.3) is 5.91 Å². The maximum absolute atomic E-state index is 13.9. The molecule has 1 spiro atoms. The summed E-state index contributed by atoms with van der Waals surface area (Å²) in [6.45, 7) is 3.51. The van der Waals surface area contributed by atoms with Crippen molar-refractivity contribution in [2.45, 2.75) is 30.6 Å². The van der Waals surface area contributed by atoms with Crippen LogP contribution >= 0.6 is 0 Å². The van der Waals surface area contributed by atoms with Gasteiger partial charge >= 0.3 is 5.97 Å². The summed E-state index contributed by atoms with van der Waals surface area (Å²) < 4.78 is 11.3. The third-order valence-corrected chi connectivity index (χ3v) is 6.62. The van der Waals surface area contributed by atoms with E-state index in [-0.39, 0.29) is 25.6 Å². The minimum atomic E-state index is -1.21. The number of carboxylic acid groups (broad SMARTS) is 1. The highest BCUT2D eigenvalue weighted by molar-refractivity contribution is 6.04. The molecule has 9 heteroatoms. The van der Waals surface area contributed by atoms with Crippen molar-refractivity contribution in [3.8, 4) is 5.75 Å². The summed E-state index contributed by atoms with van der Waals surface area (Å²) in [5.41, 5.74) is -0.618. The van der Waals surface area contributed by atoms with E-state index in [0.717, 1.165) is 0 Å². The van der Waals surface area contributed by atoms with Gasteiger partial charge in [-0.05, 0) is 37.1 Å². The molecule has 9 nitrogen and oxygen atoms in total. The van der Waals surface area contributed by atoms with Crippen LogP contribution in [0.3, 0.4) is 0 Å². The Labute approximate surface area is 179 Å². The lowest BCUT2D eigenvalue weighted by atomic mass is 9.70. The predicted molar refractivity (Wildman–Crippen MR) is 110 cm³/mol. The second-order valence-corrected chi connectivity index (χ2v) is 8.08. The number of likely N-dealkylation sites (tertiary alicyclic amines) is 1. The Hall–Kier alpha value is -2.91. The van der Waals surface area contributed by atoms with E-state index in [1.54, 1.807) is 37.5 Å². The molecule has 2 bridgehead atoms. The Balaban J connectivity index is 1.75.